The molecule has 1 aromatic rings. The summed E-state index contributed by atoms with van der Waals surface area (Å²) in [4.78, 5) is 11.4. The first-order valence-corrected chi connectivity index (χ1v) is 5.14. The Morgan fingerprint density at radius 3 is 2.38 bits per heavy atom. The number of rotatable bonds is 3. The smallest absolute Gasteiger partial charge is 0.340 e. The molecule has 6 heteroatoms. The van der Waals surface area contributed by atoms with Crippen molar-refractivity contribution in [3.63, 3.8) is 0 Å². The summed E-state index contributed by atoms with van der Waals surface area (Å²) in [6.45, 7) is 0. The number of nitrogen functional groups attached to an aromatic ring is 1. The van der Waals surface area contributed by atoms with Crippen LogP contribution in [-0.4, -0.2) is 27.3 Å². The monoisotopic (exact) mass is 289 g/mol. The van der Waals surface area contributed by atoms with Gasteiger partial charge in [-0.05, 0) is 15.9 Å². The van der Waals surface area contributed by atoms with Gasteiger partial charge in [-0.15, -0.1) is 0 Å². The lowest BCUT2D eigenvalue weighted by molar-refractivity contribution is 0.0601. The van der Waals surface area contributed by atoms with Gasteiger partial charge in [0.25, 0.3) is 0 Å². The number of carbonyl (C=O) groups excluding carboxylic acids is 1. The maximum Gasteiger partial charge on any atom is 0.340 e. The third-order valence-electron chi connectivity index (χ3n) is 2.05. The van der Waals surface area contributed by atoms with Gasteiger partial charge in [0.15, 0.2) is 11.5 Å². The largest absolute Gasteiger partial charge is 0.493 e. The van der Waals surface area contributed by atoms with E-state index in [1.807, 2.05) is 0 Å². The highest BCUT2D eigenvalue weighted by Crippen LogP contribution is 2.41. The Morgan fingerprint density at radius 1 is 1.31 bits per heavy atom. The summed E-state index contributed by atoms with van der Waals surface area (Å²) >= 11 is 3.24. The van der Waals surface area contributed by atoms with E-state index in [1.165, 1.54) is 27.4 Å². The molecule has 0 bridgehead atoms. The van der Waals surface area contributed by atoms with Crippen molar-refractivity contribution in [3.8, 4) is 11.5 Å². The molecular weight excluding hydrogens is 278 g/mol. The predicted octanol–water partition coefficient (Wildman–Crippen LogP) is 1.84. The van der Waals surface area contributed by atoms with Gasteiger partial charge in [0.05, 0.1) is 37.1 Å². The molecule has 0 aliphatic rings. The van der Waals surface area contributed by atoms with Crippen LogP contribution in [0.4, 0.5) is 5.69 Å². The molecule has 0 amide bonds. The fourth-order valence-corrected chi connectivity index (χ4v) is 1.81. The third kappa shape index (κ3) is 2.06. The van der Waals surface area contributed by atoms with E-state index in [0.717, 1.165) is 0 Å². The van der Waals surface area contributed by atoms with Crippen LogP contribution in [0.5, 0.6) is 11.5 Å². The van der Waals surface area contributed by atoms with E-state index >= 15 is 0 Å². The number of benzene rings is 1. The predicted molar refractivity (Wildman–Crippen MR) is 63.0 cm³/mol. The molecule has 0 saturated heterocycles. The minimum absolute atomic E-state index is 0.229. The molecule has 2 N–H and O–H groups in total. The number of carbonyl (C=O) groups is 1. The molecule has 0 spiro atoms. The number of ether oxygens (including phenoxy) is 3. The first-order chi connectivity index (χ1) is 7.56. The molecule has 88 valence electrons. The average Bonchev–Trinajstić information content (AvgIpc) is 2.31. The summed E-state index contributed by atoms with van der Waals surface area (Å²) < 4.78 is 15.3. The van der Waals surface area contributed by atoms with Crippen molar-refractivity contribution in [1.82, 2.24) is 0 Å². The van der Waals surface area contributed by atoms with Crippen molar-refractivity contribution in [1.29, 1.82) is 0 Å². The van der Waals surface area contributed by atoms with Gasteiger partial charge in [0.1, 0.15) is 0 Å². The van der Waals surface area contributed by atoms with E-state index in [-0.39, 0.29) is 11.3 Å². The van der Waals surface area contributed by atoms with Crippen LogP contribution in [0, 0.1) is 0 Å². The van der Waals surface area contributed by atoms with Crippen molar-refractivity contribution < 1.29 is 19.0 Å². The highest BCUT2D eigenvalue weighted by molar-refractivity contribution is 9.10. The molecule has 5 nitrogen and oxygen atoms in total. The fraction of sp³-hybridized carbons (Fsp3) is 0.300. The van der Waals surface area contributed by atoms with Crippen molar-refractivity contribution >= 4 is 27.6 Å². The number of esters is 1. The molecular formula is C10H12BrNO4. The lowest BCUT2D eigenvalue weighted by Crippen LogP contribution is -2.08. The fourth-order valence-electron chi connectivity index (χ4n) is 1.24. The highest BCUT2D eigenvalue weighted by Gasteiger charge is 2.20. The Labute approximate surface area is 102 Å². The molecule has 0 radical (unpaired) electrons. The molecule has 0 heterocycles. The Kier molecular flexibility index (Phi) is 4.00. The number of hydrogen-bond acceptors (Lipinski definition) is 5. The summed E-state index contributed by atoms with van der Waals surface area (Å²) in [5.74, 6) is 0.316. The first-order valence-electron chi connectivity index (χ1n) is 4.35. The Hall–Kier alpha value is -1.43. The van der Waals surface area contributed by atoms with Crippen LogP contribution in [0.15, 0.2) is 10.5 Å². The van der Waals surface area contributed by atoms with Crippen molar-refractivity contribution in [3.05, 3.63) is 16.1 Å². The summed E-state index contributed by atoms with van der Waals surface area (Å²) in [5, 5.41) is 0. The standard InChI is InChI=1S/C10H12BrNO4/c1-14-6-4-5(10(13)16-3)8(12)7(11)9(6)15-2/h4H,12H2,1-3H3. The Morgan fingerprint density at radius 2 is 1.94 bits per heavy atom. The van der Waals surface area contributed by atoms with Gasteiger partial charge in [-0.2, -0.15) is 0 Å². The minimum atomic E-state index is -0.529. The van der Waals surface area contributed by atoms with Gasteiger partial charge < -0.3 is 19.9 Å². The Bertz CT molecular complexity index is 420. The van der Waals surface area contributed by atoms with Gasteiger partial charge in [-0.1, -0.05) is 0 Å². The zero-order valence-electron chi connectivity index (χ0n) is 9.17. The van der Waals surface area contributed by atoms with E-state index in [1.54, 1.807) is 0 Å². The van der Waals surface area contributed by atoms with Gasteiger partial charge in [-0.3, -0.25) is 0 Å². The molecule has 0 fully saturated rings. The lowest BCUT2D eigenvalue weighted by Gasteiger charge is -2.13. The van der Waals surface area contributed by atoms with E-state index in [9.17, 15) is 4.79 Å². The number of halogens is 1. The maximum atomic E-state index is 11.4. The molecule has 0 aliphatic heterocycles. The zero-order valence-corrected chi connectivity index (χ0v) is 10.8. The molecule has 1 rings (SSSR count). The second-order valence-electron chi connectivity index (χ2n) is 2.88. The summed E-state index contributed by atoms with van der Waals surface area (Å²) in [6, 6.07) is 1.48. The quantitative estimate of drug-likeness (QED) is 0.679. The van der Waals surface area contributed by atoms with Crippen molar-refractivity contribution in [2.45, 2.75) is 0 Å². The van der Waals surface area contributed by atoms with E-state index in [4.69, 9.17) is 15.2 Å². The van der Waals surface area contributed by atoms with Crippen molar-refractivity contribution in [2.75, 3.05) is 27.1 Å². The number of methoxy groups -OCH3 is 3. The normalized spacial score (nSPS) is 9.75. The van der Waals surface area contributed by atoms with Crippen LogP contribution in [-0.2, 0) is 4.74 Å². The minimum Gasteiger partial charge on any atom is -0.493 e. The van der Waals surface area contributed by atoms with Crippen LogP contribution < -0.4 is 15.2 Å². The first kappa shape index (κ1) is 12.6. The van der Waals surface area contributed by atoms with Gasteiger partial charge in [-0.25, -0.2) is 4.79 Å². The van der Waals surface area contributed by atoms with E-state index in [0.29, 0.717) is 16.0 Å². The second-order valence-corrected chi connectivity index (χ2v) is 3.67. The van der Waals surface area contributed by atoms with E-state index in [2.05, 4.69) is 20.7 Å². The molecule has 0 saturated carbocycles. The number of anilines is 1. The molecule has 0 unspecified atom stereocenters. The van der Waals surface area contributed by atoms with Gasteiger partial charge >= 0.3 is 5.97 Å². The number of nitrogens with two attached hydrogens (primary N) is 1. The molecule has 0 atom stereocenters. The van der Waals surface area contributed by atoms with Gasteiger partial charge in [0.2, 0.25) is 0 Å². The van der Waals surface area contributed by atoms with Crippen LogP contribution in [0.25, 0.3) is 0 Å². The lowest BCUT2D eigenvalue weighted by atomic mass is 10.1. The van der Waals surface area contributed by atoms with Crippen LogP contribution in [0.2, 0.25) is 0 Å². The SMILES string of the molecule is COC(=O)c1cc(OC)c(OC)c(Br)c1N. The summed E-state index contributed by atoms with van der Waals surface area (Å²) in [5.41, 5.74) is 6.26. The molecule has 0 aromatic heterocycles. The van der Waals surface area contributed by atoms with Crippen molar-refractivity contribution in [2.24, 2.45) is 0 Å². The maximum absolute atomic E-state index is 11.4. The number of hydrogen-bond donors (Lipinski definition) is 1. The third-order valence-corrected chi connectivity index (χ3v) is 2.84. The zero-order chi connectivity index (χ0) is 12.3. The van der Waals surface area contributed by atoms with Gasteiger partial charge in [0, 0.05) is 6.07 Å². The summed E-state index contributed by atoms with van der Waals surface area (Å²) in [7, 11) is 4.24. The van der Waals surface area contributed by atoms with Crippen LogP contribution >= 0.6 is 15.9 Å². The molecule has 1 aromatic carbocycles. The Balaban J connectivity index is 3.44. The van der Waals surface area contributed by atoms with Crippen LogP contribution in [0.3, 0.4) is 0 Å². The van der Waals surface area contributed by atoms with E-state index < -0.39 is 5.97 Å². The molecule has 0 aliphatic carbocycles. The average molecular weight is 290 g/mol. The second kappa shape index (κ2) is 5.07. The molecule has 16 heavy (non-hydrogen) atoms. The summed E-state index contributed by atoms with van der Waals surface area (Å²) in [6.07, 6.45) is 0. The van der Waals surface area contributed by atoms with Crippen LogP contribution in [0.1, 0.15) is 10.4 Å². The topological polar surface area (TPSA) is 70.8 Å². The highest BCUT2D eigenvalue weighted by atomic mass is 79.9.